The highest BCUT2D eigenvalue weighted by Gasteiger charge is 2.15. The fourth-order valence-electron chi connectivity index (χ4n) is 2.37. The quantitative estimate of drug-likeness (QED) is 0.763. The summed E-state index contributed by atoms with van der Waals surface area (Å²) in [5.74, 6) is 0.117. The number of hydrogen-bond acceptors (Lipinski definition) is 2. The molecule has 0 aliphatic heterocycles. The topological polar surface area (TPSA) is 43.8 Å². The van der Waals surface area contributed by atoms with E-state index in [-0.39, 0.29) is 11.9 Å². The van der Waals surface area contributed by atoms with Crippen molar-refractivity contribution in [1.82, 2.24) is 9.55 Å². The van der Waals surface area contributed by atoms with Gasteiger partial charge < -0.3 is 10.3 Å². The molecule has 0 aliphatic rings. The number of hydrogen-bond donors (Lipinski definition) is 1. The molecule has 3 aromatic rings. The van der Waals surface area contributed by atoms with Gasteiger partial charge in [0.05, 0.1) is 17.1 Å². The lowest BCUT2D eigenvalue weighted by Gasteiger charge is -2.16. The van der Waals surface area contributed by atoms with Crippen LogP contribution in [-0.2, 0) is 0 Å². The molecule has 0 saturated carbocycles. The normalized spacial score (nSPS) is 12.7. The van der Waals surface area contributed by atoms with Gasteiger partial charge in [0, 0.05) is 0 Å². The summed E-state index contributed by atoms with van der Waals surface area (Å²) in [4.78, 5) is 4.27. The maximum absolute atomic E-state index is 13.4. The van der Waals surface area contributed by atoms with E-state index in [0.717, 1.165) is 5.56 Å². The Morgan fingerprint density at radius 1 is 1.16 bits per heavy atom. The number of fused-ring (bicyclic) bond motifs is 1. The van der Waals surface area contributed by atoms with Crippen molar-refractivity contribution in [3.8, 4) is 0 Å². The van der Waals surface area contributed by atoms with Crippen molar-refractivity contribution in [2.75, 3.05) is 5.73 Å². The van der Waals surface area contributed by atoms with E-state index in [2.05, 4.69) is 4.98 Å². The van der Waals surface area contributed by atoms with Crippen LogP contribution in [0.25, 0.3) is 11.0 Å². The fourth-order valence-corrected chi connectivity index (χ4v) is 2.37. The average Bonchev–Trinajstić information content (AvgIpc) is 2.74. The zero-order chi connectivity index (χ0) is 13.4. The minimum Gasteiger partial charge on any atom is -0.369 e. The Morgan fingerprint density at radius 3 is 2.63 bits per heavy atom. The Bertz CT molecular complexity index is 719. The van der Waals surface area contributed by atoms with Crippen LogP contribution in [0.1, 0.15) is 18.5 Å². The maximum atomic E-state index is 13.4. The third-order valence-electron chi connectivity index (χ3n) is 3.35. The largest absolute Gasteiger partial charge is 0.369 e. The predicted octanol–water partition coefficient (Wildman–Crippen LogP) is 3.37. The van der Waals surface area contributed by atoms with Crippen LogP contribution < -0.4 is 5.73 Å². The molecule has 0 radical (unpaired) electrons. The van der Waals surface area contributed by atoms with Gasteiger partial charge in [0.25, 0.3) is 0 Å². The van der Waals surface area contributed by atoms with E-state index in [0.29, 0.717) is 17.0 Å². The first-order chi connectivity index (χ1) is 9.16. The van der Waals surface area contributed by atoms with Gasteiger partial charge >= 0.3 is 0 Å². The summed E-state index contributed by atoms with van der Waals surface area (Å²) < 4.78 is 15.3. The summed E-state index contributed by atoms with van der Waals surface area (Å²) in [6.45, 7) is 2.03. The number of nitrogens with two attached hydrogens (primary N) is 1. The van der Waals surface area contributed by atoms with Crippen molar-refractivity contribution in [1.29, 1.82) is 0 Å². The molecule has 19 heavy (non-hydrogen) atoms. The van der Waals surface area contributed by atoms with Crippen molar-refractivity contribution in [2.24, 2.45) is 0 Å². The van der Waals surface area contributed by atoms with Crippen LogP contribution in [-0.4, -0.2) is 9.55 Å². The summed E-state index contributed by atoms with van der Waals surface area (Å²) in [6.07, 6.45) is 0. The summed E-state index contributed by atoms with van der Waals surface area (Å²) in [5.41, 5.74) is 8.51. The Hall–Kier alpha value is -2.36. The standard InChI is InChI=1S/C15H14FN3/c1-10(11-5-3-2-4-6-11)19-14-9-12(16)7-8-13(14)18-15(19)17/h2-10H,1H3,(H2,17,18). The number of imidazole rings is 1. The van der Waals surface area contributed by atoms with Crippen molar-refractivity contribution in [2.45, 2.75) is 13.0 Å². The zero-order valence-electron chi connectivity index (χ0n) is 10.5. The Kier molecular flexibility index (Phi) is 2.71. The summed E-state index contributed by atoms with van der Waals surface area (Å²) >= 11 is 0. The Morgan fingerprint density at radius 2 is 1.89 bits per heavy atom. The van der Waals surface area contributed by atoms with Crippen molar-refractivity contribution in [3.63, 3.8) is 0 Å². The van der Waals surface area contributed by atoms with Crippen LogP contribution in [0.3, 0.4) is 0 Å². The van der Waals surface area contributed by atoms with E-state index in [9.17, 15) is 4.39 Å². The Balaban J connectivity index is 2.19. The van der Waals surface area contributed by atoms with Gasteiger partial charge in [-0.2, -0.15) is 0 Å². The molecule has 4 heteroatoms. The molecule has 1 unspecified atom stereocenters. The van der Waals surface area contributed by atoms with E-state index in [1.165, 1.54) is 12.1 Å². The SMILES string of the molecule is CC(c1ccccc1)n1c(N)nc2ccc(F)cc21. The second-order valence-electron chi connectivity index (χ2n) is 4.56. The average molecular weight is 255 g/mol. The van der Waals surface area contributed by atoms with Gasteiger partial charge in [-0.15, -0.1) is 0 Å². The van der Waals surface area contributed by atoms with Gasteiger partial charge in [-0.25, -0.2) is 9.37 Å². The van der Waals surface area contributed by atoms with Crippen LogP contribution in [0.15, 0.2) is 48.5 Å². The third kappa shape index (κ3) is 1.95. The lowest BCUT2D eigenvalue weighted by Crippen LogP contribution is -2.10. The third-order valence-corrected chi connectivity index (χ3v) is 3.35. The fraction of sp³-hybridized carbons (Fsp3) is 0.133. The molecule has 1 heterocycles. The first-order valence-electron chi connectivity index (χ1n) is 6.15. The summed E-state index contributed by atoms with van der Waals surface area (Å²) in [7, 11) is 0. The second-order valence-corrected chi connectivity index (χ2v) is 4.56. The summed E-state index contributed by atoms with van der Waals surface area (Å²) in [6, 6.07) is 14.5. The van der Waals surface area contributed by atoms with E-state index in [4.69, 9.17) is 5.73 Å². The number of aromatic nitrogens is 2. The highest BCUT2D eigenvalue weighted by Crippen LogP contribution is 2.27. The first-order valence-corrected chi connectivity index (χ1v) is 6.15. The number of nitrogen functional groups attached to an aromatic ring is 1. The molecule has 0 spiro atoms. The molecule has 0 fully saturated rings. The van der Waals surface area contributed by atoms with Crippen LogP contribution in [0.4, 0.5) is 10.3 Å². The first kappa shape index (κ1) is 11.7. The van der Waals surface area contributed by atoms with Gasteiger partial charge in [0.15, 0.2) is 0 Å². The van der Waals surface area contributed by atoms with Crippen molar-refractivity contribution >= 4 is 17.0 Å². The summed E-state index contributed by atoms with van der Waals surface area (Å²) in [5, 5.41) is 0. The van der Waals surface area contributed by atoms with E-state index in [1.807, 2.05) is 41.8 Å². The van der Waals surface area contributed by atoms with Gasteiger partial charge in [-0.05, 0) is 30.7 Å². The molecular formula is C15H14FN3. The van der Waals surface area contributed by atoms with E-state index >= 15 is 0 Å². The van der Waals surface area contributed by atoms with Crippen LogP contribution in [0, 0.1) is 5.82 Å². The van der Waals surface area contributed by atoms with Crippen molar-refractivity contribution in [3.05, 3.63) is 59.9 Å². The van der Waals surface area contributed by atoms with E-state index in [1.54, 1.807) is 6.07 Å². The minimum absolute atomic E-state index is 0.00741. The van der Waals surface area contributed by atoms with Crippen LogP contribution >= 0.6 is 0 Å². The molecular weight excluding hydrogens is 241 g/mol. The smallest absolute Gasteiger partial charge is 0.201 e. The van der Waals surface area contributed by atoms with Gasteiger partial charge in [0.1, 0.15) is 5.82 Å². The number of nitrogens with zero attached hydrogens (tertiary/aromatic N) is 2. The number of benzene rings is 2. The highest BCUT2D eigenvalue weighted by atomic mass is 19.1. The number of rotatable bonds is 2. The molecule has 2 N–H and O–H groups in total. The molecule has 96 valence electrons. The van der Waals surface area contributed by atoms with Gasteiger partial charge in [-0.3, -0.25) is 0 Å². The second kappa shape index (κ2) is 4.39. The predicted molar refractivity (Wildman–Crippen MR) is 74.4 cm³/mol. The van der Waals surface area contributed by atoms with Gasteiger partial charge in [-0.1, -0.05) is 30.3 Å². The molecule has 3 nitrogen and oxygen atoms in total. The minimum atomic E-state index is -0.283. The Labute approximate surface area is 110 Å². The molecule has 0 saturated heterocycles. The molecule has 1 aromatic heterocycles. The van der Waals surface area contributed by atoms with Crippen molar-refractivity contribution < 1.29 is 4.39 Å². The van der Waals surface area contributed by atoms with Gasteiger partial charge in [0.2, 0.25) is 5.95 Å². The maximum Gasteiger partial charge on any atom is 0.201 e. The highest BCUT2D eigenvalue weighted by molar-refractivity contribution is 5.78. The molecule has 0 aliphatic carbocycles. The molecule has 3 rings (SSSR count). The molecule has 0 bridgehead atoms. The van der Waals surface area contributed by atoms with Crippen LogP contribution in [0.5, 0.6) is 0 Å². The number of anilines is 1. The monoisotopic (exact) mass is 255 g/mol. The lowest BCUT2D eigenvalue weighted by molar-refractivity contribution is 0.625. The van der Waals surface area contributed by atoms with Crippen LogP contribution in [0.2, 0.25) is 0 Å². The molecule has 1 atom stereocenters. The number of halogens is 1. The molecule has 2 aromatic carbocycles. The zero-order valence-corrected chi connectivity index (χ0v) is 10.5. The molecule has 0 amide bonds. The lowest BCUT2D eigenvalue weighted by atomic mass is 10.1. The van der Waals surface area contributed by atoms with E-state index < -0.39 is 0 Å².